The highest BCUT2D eigenvalue weighted by Crippen LogP contribution is 2.11. The van der Waals surface area contributed by atoms with E-state index in [1.807, 2.05) is 13.8 Å². The summed E-state index contributed by atoms with van der Waals surface area (Å²) < 4.78 is 5.32. The fraction of sp³-hybridized carbons (Fsp3) is 0.238. The van der Waals surface area contributed by atoms with E-state index in [1.165, 1.54) is 12.2 Å². The van der Waals surface area contributed by atoms with Gasteiger partial charge >= 0.3 is 0 Å². The summed E-state index contributed by atoms with van der Waals surface area (Å²) in [5.41, 5.74) is 5.80. The number of furan rings is 1. The number of hydrazine groups is 1. The lowest BCUT2D eigenvalue weighted by atomic mass is 10.1. The van der Waals surface area contributed by atoms with Gasteiger partial charge in [-0.05, 0) is 67.5 Å². The molecule has 158 valence electrons. The number of aryl methyl sites for hydroxylation is 1. The minimum atomic E-state index is -0.475. The number of benzene rings is 1. The molecule has 0 atom stereocenters. The van der Waals surface area contributed by atoms with Crippen molar-refractivity contribution in [3.8, 4) is 0 Å². The van der Waals surface area contributed by atoms with Gasteiger partial charge in [0.15, 0.2) is 5.11 Å². The van der Waals surface area contributed by atoms with Gasteiger partial charge in [-0.3, -0.25) is 30.6 Å². The van der Waals surface area contributed by atoms with E-state index in [0.717, 1.165) is 5.76 Å². The Balaban J connectivity index is 1.77. The molecule has 9 heteroatoms. The summed E-state index contributed by atoms with van der Waals surface area (Å²) in [5, 5.41) is 5.11. The molecular formula is C21H24N4O4S. The number of thiocarbonyl (C=S) groups is 1. The van der Waals surface area contributed by atoms with Gasteiger partial charge < -0.3 is 9.73 Å². The molecule has 8 nitrogen and oxygen atoms in total. The number of nitrogens with one attached hydrogen (secondary N) is 4. The van der Waals surface area contributed by atoms with Crippen LogP contribution in [-0.2, 0) is 9.59 Å². The van der Waals surface area contributed by atoms with Gasteiger partial charge in [0.25, 0.3) is 5.91 Å². The fourth-order valence-electron chi connectivity index (χ4n) is 2.36. The zero-order chi connectivity index (χ0) is 22.1. The molecule has 3 amide bonds. The smallest absolute Gasteiger partial charge is 0.269 e. The Bertz CT molecular complexity index is 948. The highest BCUT2D eigenvalue weighted by molar-refractivity contribution is 7.80. The van der Waals surface area contributed by atoms with Gasteiger partial charge in [-0.15, -0.1) is 0 Å². The van der Waals surface area contributed by atoms with Crippen molar-refractivity contribution in [3.05, 3.63) is 59.6 Å². The zero-order valence-corrected chi connectivity index (χ0v) is 17.8. The van der Waals surface area contributed by atoms with Gasteiger partial charge in [-0.2, -0.15) is 0 Å². The lowest BCUT2D eigenvalue weighted by Gasteiger charge is -2.10. The molecule has 0 radical (unpaired) electrons. The Morgan fingerprint density at radius 2 is 1.77 bits per heavy atom. The highest BCUT2D eigenvalue weighted by atomic mass is 32.1. The largest absolute Gasteiger partial charge is 0.462 e. The van der Waals surface area contributed by atoms with Crippen molar-refractivity contribution in [2.24, 2.45) is 5.92 Å². The minimum Gasteiger partial charge on any atom is -0.462 e. The van der Waals surface area contributed by atoms with E-state index >= 15 is 0 Å². The molecule has 1 aromatic heterocycles. The van der Waals surface area contributed by atoms with Gasteiger partial charge in [-0.25, -0.2) is 0 Å². The maximum Gasteiger partial charge on any atom is 0.269 e. The molecule has 0 saturated carbocycles. The Morgan fingerprint density at radius 1 is 1.07 bits per heavy atom. The second-order valence-electron chi connectivity index (χ2n) is 6.90. The summed E-state index contributed by atoms with van der Waals surface area (Å²) in [7, 11) is 0. The van der Waals surface area contributed by atoms with E-state index in [0.29, 0.717) is 23.4 Å². The number of carbonyl (C=O) groups excluding carboxylic acids is 3. The number of amides is 3. The molecule has 0 unspecified atom stereocenters. The Hall–Kier alpha value is -3.46. The van der Waals surface area contributed by atoms with Crippen molar-refractivity contribution in [2.75, 3.05) is 5.32 Å². The zero-order valence-electron chi connectivity index (χ0n) is 16.9. The molecule has 4 N–H and O–H groups in total. The Morgan fingerprint density at radius 3 is 2.37 bits per heavy atom. The average molecular weight is 429 g/mol. The number of anilines is 1. The first-order valence-corrected chi connectivity index (χ1v) is 9.69. The molecular weight excluding hydrogens is 404 g/mol. The van der Waals surface area contributed by atoms with Crippen LogP contribution >= 0.6 is 12.2 Å². The standard InChI is InChI=1S/C21H24N4O4S/c1-13(2)12-19(27)22-16-7-5-15(6-8-16)20(28)24-25-21(30)23-18(26)11-10-17-9-4-14(3)29-17/h4-11,13H,12H2,1-3H3,(H,22,27)(H,24,28)(H2,23,25,26,30). The van der Waals surface area contributed by atoms with Gasteiger partial charge in [0.05, 0.1) is 0 Å². The van der Waals surface area contributed by atoms with Crippen LogP contribution in [-0.4, -0.2) is 22.8 Å². The van der Waals surface area contributed by atoms with Crippen LogP contribution in [0.15, 0.2) is 46.9 Å². The van der Waals surface area contributed by atoms with Crippen LogP contribution in [0, 0.1) is 12.8 Å². The van der Waals surface area contributed by atoms with Crippen molar-refractivity contribution in [3.63, 3.8) is 0 Å². The molecule has 0 fully saturated rings. The molecule has 0 saturated heterocycles. The summed E-state index contributed by atoms with van der Waals surface area (Å²) in [6, 6.07) is 9.92. The monoisotopic (exact) mass is 428 g/mol. The van der Waals surface area contributed by atoms with Gasteiger partial charge in [0.2, 0.25) is 11.8 Å². The molecule has 2 aromatic rings. The lowest BCUT2D eigenvalue weighted by molar-refractivity contribution is -0.117. The summed E-state index contributed by atoms with van der Waals surface area (Å²) in [5.74, 6) is 0.529. The van der Waals surface area contributed by atoms with E-state index in [1.54, 1.807) is 43.3 Å². The molecule has 0 aliphatic rings. The topological polar surface area (TPSA) is 112 Å². The summed E-state index contributed by atoms with van der Waals surface area (Å²) >= 11 is 4.97. The van der Waals surface area contributed by atoms with E-state index in [4.69, 9.17) is 16.6 Å². The van der Waals surface area contributed by atoms with Crippen molar-refractivity contribution in [1.29, 1.82) is 0 Å². The van der Waals surface area contributed by atoms with Crippen molar-refractivity contribution < 1.29 is 18.8 Å². The molecule has 0 bridgehead atoms. The highest BCUT2D eigenvalue weighted by Gasteiger charge is 2.09. The molecule has 1 aromatic carbocycles. The molecule has 0 aliphatic carbocycles. The molecule has 0 aliphatic heterocycles. The van der Waals surface area contributed by atoms with Crippen LogP contribution in [0.1, 0.15) is 42.1 Å². The second kappa shape index (κ2) is 10.9. The third-order valence-electron chi connectivity index (χ3n) is 3.71. The van der Waals surface area contributed by atoms with Gasteiger partial charge in [0, 0.05) is 23.7 Å². The van der Waals surface area contributed by atoms with Crippen LogP contribution in [0.25, 0.3) is 6.08 Å². The van der Waals surface area contributed by atoms with Gasteiger partial charge in [0.1, 0.15) is 11.5 Å². The van der Waals surface area contributed by atoms with Gasteiger partial charge in [-0.1, -0.05) is 13.8 Å². The van der Waals surface area contributed by atoms with E-state index < -0.39 is 11.8 Å². The third kappa shape index (κ3) is 7.88. The molecule has 30 heavy (non-hydrogen) atoms. The first-order chi connectivity index (χ1) is 14.2. The molecule has 1 heterocycles. The van der Waals surface area contributed by atoms with E-state index in [9.17, 15) is 14.4 Å². The SMILES string of the molecule is Cc1ccc(C=CC(=O)NC(=S)NNC(=O)c2ccc(NC(=O)CC(C)C)cc2)o1. The summed E-state index contributed by atoms with van der Waals surface area (Å²) in [6.07, 6.45) is 3.19. The fourth-order valence-corrected chi connectivity index (χ4v) is 2.51. The van der Waals surface area contributed by atoms with E-state index in [-0.39, 0.29) is 16.9 Å². The molecule has 0 spiro atoms. The molecule has 2 rings (SSSR count). The quantitative estimate of drug-likeness (QED) is 0.320. The first kappa shape index (κ1) is 22.8. The normalized spacial score (nSPS) is 10.7. The number of rotatable bonds is 6. The van der Waals surface area contributed by atoms with Crippen LogP contribution in [0.4, 0.5) is 5.69 Å². The van der Waals surface area contributed by atoms with Crippen molar-refractivity contribution >= 4 is 46.8 Å². The Labute approximate surface area is 180 Å². The van der Waals surface area contributed by atoms with Crippen LogP contribution in [0.2, 0.25) is 0 Å². The lowest BCUT2D eigenvalue weighted by Crippen LogP contribution is -2.48. The van der Waals surface area contributed by atoms with E-state index in [2.05, 4.69) is 21.5 Å². The van der Waals surface area contributed by atoms with Crippen LogP contribution in [0.3, 0.4) is 0 Å². The number of carbonyl (C=O) groups is 3. The maximum absolute atomic E-state index is 12.2. The third-order valence-corrected chi connectivity index (χ3v) is 3.92. The van der Waals surface area contributed by atoms with Crippen molar-refractivity contribution in [1.82, 2.24) is 16.2 Å². The number of hydrogen-bond acceptors (Lipinski definition) is 5. The summed E-state index contributed by atoms with van der Waals surface area (Å²) in [4.78, 5) is 35.8. The average Bonchev–Trinajstić information content (AvgIpc) is 3.09. The predicted octanol–water partition coefficient (Wildman–Crippen LogP) is 2.92. The van der Waals surface area contributed by atoms with Crippen LogP contribution < -0.4 is 21.5 Å². The maximum atomic E-state index is 12.2. The minimum absolute atomic E-state index is 0.0637. The van der Waals surface area contributed by atoms with Crippen LogP contribution in [0.5, 0.6) is 0 Å². The summed E-state index contributed by atoms with van der Waals surface area (Å²) in [6.45, 7) is 5.72. The van der Waals surface area contributed by atoms with Crippen molar-refractivity contribution in [2.45, 2.75) is 27.2 Å². The Kier molecular flexibility index (Phi) is 8.30. The second-order valence-corrected chi connectivity index (χ2v) is 7.31. The predicted molar refractivity (Wildman–Crippen MR) is 118 cm³/mol. The first-order valence-electron chi connectivity index (χ1n) is 9.28. The number of hydrogen-bond donors (Lipinski definition) is 4.